The Morgan fingerprint density at radius 3 is 2.33 bits per heavy atom. The van der Waals surface area contributed by atoms with Crippen LogP contribution in [0.3, 0.4) is 0 Å². The Labute approximate surface area is 271 Å². The van der Waals surface area contributed by atoms with Crippen LogP contribution in [0.5, 0.6) is 0 Å². The molecule has 6 rings (SSSR count). The zero-order valence-electron chi connectivity index (χ0n) is 25.4. The molecule has 0 radical (unpaired) electrons. The van der Waals surface area contributed by atoms with Crippen LogP contribution in [0.15, 0.2) is 72.9 Å². The van der Waals surface area contributed by atoms with Crippen molar-refractivity contribution >= 4 is 46.5 Å². The number of rotatable bonds is 7. The van der Waals surface area contributed by atoms with Crippen LogP contribution in [-0.2, 0) is 26.3 Å². The first-order valence-corrected chi connectivity index (χ1v) is 15.2. The van der Waals surface area contributed by atoms with Crippen molar-refractivity contribution in [1.29, 1.82) is 0 Å². The third-order valence-corrected chi connectivity index (χ3v) is 8.81. The zero-order valence-corrected chi connectivity index (χ0v) is 25.4. The number of hydrogen-bond acceptors (Lipinski definition) is 7. The summed E-state index contributed by atoms with van der Waals surface area (Å²) in [5, 5.41) is 18.1. The van der Waals surface area contributed by atoms with E-state index in [4.69, 9.17) is 4.74 Å². The SMILES string of the molecule is O=C(Nc1ccc(C2(C(=O)N3C[C@H](F)C[C@@H]3C(=O)Nc3ccc4c(cnn4C(=O)O)n3)CCC(F)(F)CC2)cc1)OCc1ccccc1. The number of amides is 3. The van der Waals surface area contributed by atoms with Gasteiger partial charge in [0, 0.05) is 24.9 Å². The monoisotopic (exact) mass is 664 g/mol. The van der Waals surface area contributed by atoms with Crippen LogP contribution in [-0.4, -0.2) is 73.5 Å². The van der Waals surface area contributed by atoms with Gasteiger partial charge >= 0.3 is 12.2 Å². The molecule has 2 aromatic carbocycles. The topological polar surface area (TPSA) is 156 Å². The van der Waals surface area contributed by atoms with E-state index in [0.29, 0.717) is 15.9 Å². The molecular formula is C33H31F3N6O6. The number of nitrogens with one attached hydrogen (secondary N) is 2. The van der Waals surface area contributed by atoms with Gasteiger partial charge in [-0.05, 0) is 48.2 Å². The Morgan fingerprint density at radius 2 is 1.65 bits per heavy atom. The Bertz CT molecular complexity index is 1840. The number of aromatic nitrogens is 3. The number of ether oxygens (including phenoxy) is 1. The molecule has 1 aliphatic carbocycles. The lowest BCUT2D eigenvalue weighted by Crippen LogP contribution is -2.54. The van der Waals surface area contributed by atoms with Crippen molar-refractivity contribution in [3.05, 3.63) is 84.1 Å². The summed E-state index contributed by atoms with van der Waals surface area (Å²) in [4.78, 5) is 56.8. The van der Waals surface area contributed by atoms with Gasteiger partial charge in [-0.15, -0.1) is 0 Å². The second kappa shape index (κ2) is 13.0. The van der Waals surface area contributed by atoms with Crippen molar-refractivity contribution in [3.63, 3.8) is 0 Å². The van der Waals surface area contributed by atoms with Crippen molar-refractivity contribution in [2.45, 2.75) is 62.3 Å². The average Bonchev–Trinajstić information content (AvgIpc) is 3.68. The van der Waals surface area contributed by atoms with Crippen LogP contribution in [0.25, 0.3) is 11.0 Å². The number of carbonyl (C=O) groups is 4. The minimum absolute atomic E-state index is 0.0320. The fraction of sp³-hybridized carbons (Fsp3) is 0.333. The maximum Gasteiger partial charge on any atom is 0.432 e. The molecule has 2 atom stereocenters. The molecule has 12 nitrogen and oxygen atoms in total. The number of pyridine rings is 1. The molecule has 0 unspecified atom stereocenters. The number of alkyl halides is 3. The maximum atomic E-state index is 14.9. The van der Waals surface area contributed by atoms with Gasteiger partial charge in [-0.1, -0.05) is 42.5 Å². The van der Waals surface area contributed by atoms with E-state index in [9.17, 15) is 37.5 Å². The molecule has 3 amide bonds. The van der Waals surface area contributed by atoms with E-state index in [1.807, 2.05) is 30.3 Å². The molecule has 2 fully saturated rings. The highest BCUT2D eigenvalue weighted by molar-refractivity contribution is 6.00. The van der Waals surface area contributed by atoms with E-state index < -0.39 is 66.9 Å². The summed E-state index contributed by atoms with van der Waals surface area (Å²) >= 11 is 0. The number of hydrogen-bond donors (Lipinski definition) is 3. The minimum atomic E-state index is -2.99. The van der Waals surface area contributed by atoms with E-state index >= 15 is 0 Å². The quantitative estimate of drug-likeness (QED) is 0.226. The number of likely N-dealkylation sites (tertiary alicyclic amines) is 1. The molecular weight excluding hydrogens is 633 g/mol. The van der Waals surface area contributed by atoms with Crippen LogP contribution in [0.1, 0.15) is 43.2 Å². The van der Waals surface area contributed by atoms with Gasteiger partial charge in [-0.25, -0.2) is 27.7 Å². The summed E-state index contributed by atoms with van der Waals surface area (Å²) in [6.07, 6.45) is -4.31. The summed E-state index contributed by atoms with van der Waals surface area (Å²) in [6, 6.07) is 16.8. The molecule has 1 saturated heterocycles. The Balaban J connectivity index is 1.20. The van der Waals surface area contributed by atoms with Crippen LogP contribution in [0, 0.1) is 0 Å². The maximum absolute atomic E-state index is 14.9. The number of fused-ring (bicyclic) bond motifs is 1. The number of anilines is 2. The van der Waals surface area contributed by atoms with Crippen LogP contribution in [0.2, 0.25) is 0 Å². The van der Waals surface area contributed by atoms with E-state index in [1.165, 1.54) is 30.5 Å². The molecule has 3 N–H and O–H groups in total. The fourth-order valence-electron chi connectivity index (χ4n) is 6.30. The lowest BCUT2D eigenvalue weighted by Gasteiger charge is -2.42. The van der Waals surface area contributed by atoms with Gasteiger partial charge in [-0.3, -0.25) is 14.9 Å². The number of carboxylic acid groups (broad SMARTS) is 1. The summed E-state index contributed by atoms with van der Waals surface area (Å²) in [5.74, 6) is -4.33. The summed E-state index contributed by atoms with van der Waals surface area (Å²) in [5.41, 5.74) is 0.438. The average molecular weight is 665 g/mol. The predicted molar refractivity (Wildman–Crippen MR) is 166 cm³/mol. The summed E-state index contributed by atoms with van der Waals surface area (Å²) in [6.45, 7) is -0.351. The molecule has 2 aromatic heterocycles. The third-order valence-electron chi connectivity index (χ3n) is 8.81. The Hall–Kier alpha value is -5.47. The van der Waals surface area contributed by atoms with Crippen LogP contribution < -0.4 is 10.6 Å². The summed E-state index contributed by atoms with van der Waals surface area (Å²) < 4.78 is 49.7. The van der Waals surface area contributed by atoms with Gasteiger partial charge in [0.05, 0.1) is 23.7 Å². The Morgan fingerprint density at radius 1 is 0.938 bits per heavy atom. The van der Waals surface area contributed by atoms with Crippen LogP contribution in [0.4, 0.5) is 34.3 Å². The van der Waals surface area contributed by atoms with Gasteiger partial charge < -0.3 is 20.1 Å². The molecule has 2 aliphatic rings. The fourth-order valence-corrected chi connectivity index (χ4v) is 6.30. The molecule has 4 aromatic rings. The van der Waals surface area contributed by atoms with Crippen molar-refractivity contribution in [3.8, 4) is 0 Å². The molecule has 0 spiro atoms. The van der Waals surface area contributed by atoms with Crippen molar-refractivity contribution in [2.75, 3.05) is 17.2 Å². The van der Waals surface area contributed by atoms with E-state index in [2.05, 4.69) is 20.7 Å². The first kappa shape index (κ1) is 32.5. The lowest BCUT2D eigenvalue weighted by atomic mass is 9.67. The molecule has 15 heteroatoms. The van der Waals surface area contributed by atoms with Gasteiger partial charge in [-0.2, -0.15) is 9.78 Å². The molecule has 250 valence electrons. The van der Waals surface area contributed by atoms with Crippen molar-refractivity contribution < 1.29 is 42.2 Å². The first-order chi connectivity index (χ1) is 22.9. The first-order valence-electron chi connectivity index (χ1n) is 15.2. The smallest absolute Gasteiger partial charge is 0.432 e. The second-order valence-electron chi connectivity index (χ2n) is 11.9. The van der Waals surface area contributed by atoms with Crippen molar-refractivity contribution in [2.24, 2.45) is 0 Å². The largest absolute Gasteiger partial charge is 0.463 e. The van der Waals surface area contributed by atoms with Gasteiger partial charge in [0.25, 0.3) is 0 Å². The van der Waals surface area contributed by atoms with Crippen molar-refractivity contribution in [1.82, 2.24) is 19.7 Å². The standard InChI is InChI=1S/C33H31F3N6O6/c34-22-16-26(28(43)40-27-11-10-25-24(39-27)17-37-42(25)31(46)47)41(18-22)29(44)32(12-14-33(35,36)15-13-32)21-6-8-23(9-7-21)38-30(45)48-19-20-4-2-1-3-5-20/h1-11,17,22,26H,12-16,18-19H2,(H,38,45)(H,46,47)(H,39,40,43)/t22-,26-/m1/s1. The number of benzene rings is 2. The summed E-state index contributed by atoms with van der Waals surface area (Å²) in [7, 11) is 0. The lowest BCUT2D eigenvalue weighted by molar-refractivity contribution is -0.146. The third kappa shape index (κ3) is 6.66. The molecule has 1 saturated carbocycles. The predicted octanol–water partition coefficient (Wildman–Crippen LogP) is 5.73. The highest BCUT2D eigenvalue weighted by Gasteiger charge is 2.53. The number of nitrogens with zero attached hydrogens (tertiary/aromatic N) is 4. The van der Waals surface area contributed by atoms with E-state index in [-0.39, 0.29) is 42.7 Å². The van der Waals surface area contributed by atoms with E-state index in [1.54, 1.807) is 12.1 Å². The molecule has 1 aliphatic heterocycles. The van der Waals surface area contributed by atoms with Gasteiger partial charge in [0.15, 0.2) is 0 Å². The molecule has 48 heavy (non-hydrogen) atoms. The minimum Gasteiger partial charge on any atom is -0.463 e. The normalized spacial score (nSPS) is 19.9. The molecule has 0 bridgehead atoms. The number of carbonyl (C=O) groups excluding carboxylic acids is 3. The molecule has 3 heterocycles. The number of halogens is 3. The van der Waals surface area contributed by atoms with E-state index in [0.717, 1.165) is 10.5 Å². The second-order valence-corrected chi connectivity index (χ2v) is 11.9. The van der Waals surface area contributed by atoms with Gasteiger partial charge in [0.2, 0.25) is 17.7 Å². The van der Waals surface area contributed by atoms with Crippen LogP contribution >= 0.6 is 0 Å². The van der Waals surface area contributed by atoms with Gasteiger partial charge in [0.1, 0.15) is 30.2 Å². The highest BCUT2D eigenvalue weighted by atomic mass is 19.3. The zero-order chi connectivity index (χ0) is 34.1. The highest BCUT2D eigenvalue weighted by Crippen LogP contribution is 2.47. The Kier molecular flexibility index (Phi) is 8.77.